The molecule has 2 aliphatic rings. The topological polar surface area (TPSA) is 63.2 Å². The molecule has 0 radical (unpaired) electrons. The lowest BCUT2D eigenvalue weighted by molar-refractivity contribution is -0.117. The Morgan fingerprint density at radius 2 is 1.74 bits per heavy atom. The average molecular weight is 429 g/mol. The first-order valence-electron chi connectivity index (χ1n) is 11.9. The zero-order valence-corrected chi connectivity index (χ0v) is 19.6. The van der Waals surface area contributed by atoms with Crippen LogP contribution in [0.5, 0.6) is 0 Å². The van der Waals surface area contributed by atoms with Crippen LogP contribution in [0.2, 0.25) is 0 Å². The van der Waals surface area contributed by atoms with Crippen molar-refractivity contribution in [1.29, 1.82) is 0 Å². The van der Waals surface area contributed by atoms with E-state index in [0.29, 0.717) is 18.9 Å². The molecule has 0 aliphatic carbocycles. The standard InChI is InChI=1S/C24H40N6O/c1-4-25-24(26-17-20(3)19-29-15-13-28(5-2)14-16-29)27-18-21-8-10-22(11-9-21)30-12-6-7-23(30)31/h8-11,20H,4-7,12-19H2,1-3H3,(H2,25,26,27). The number of likely N-dealkylation sites (N-methyl/N-ethyl adjacent to an activating group) is 1. The van der Waals surface area contributed by atoms with Crippen LogP contribution in [0.25, 0.3) is 0 Å². The van der Waals surface area contributed by atoms with Crippen LogP contribution in [0, 0.1) is 5.92 Å². The number of nitrogens with one attached hydrogen (secondary N) is 2. The molecule has 3 rings (SSSR count). The smallest absolute Gasteiger partial charge is 0.227 e. The van der Waals surface area contributed by atoms with Crippen molar-refractivity contribution in [1.82, 2.24) is 20.4 Å². The molecule has 1 atom stereocenters. The SMILES string of the molecule is CCNC(=NCc1ccc(N2CCCC2=O)cc1)NCC(C)CN1CCN(CC)CC1. The number of hydrogen-bond donors (Lipinski definition) is 2. The summed E-state index contributed by atoms with van der Waals surface area (Å²) in [7, 11) is 0. The zero-order valence-electron chi connectivity index (χ0n) is 19.6. The summed E-state index contributed by atoms with van der Waals surface area (Å²) < 4.78 is 0. The summed E-state index contributed by atoms with van der Waals surface area (Å²) in [6, 6.07) is 8.22. The quantitative estimate of drug-likeness (QED) is 0.466. The van der Waals surface area contributed by atoms with Gasteiger partial charge < -0.3 is 25.3 Å². The molecule has 2 aliphatic heterocycles. The van der Waals surface area contributed by atoms with Crippen molar-refractivity contribution in [2.45, 2.75) is 40.2 Å². The average Bonchev–Trinajstić information content (AvgIpc) is 3.22. The van der Waals surface area contributed by atoms with E-state index in [1.807, 2.05) is 17.0 Å². The van der Waals surface area contributed by atoms with E-state index in [1.165, 1.54) is 26.2 Å². The highest BCUT2D eigenvalue weighted by Crippen LogP contribution is 2.21. The van der Waals surface area contributed by atoms with Gasteiger partial charge in [-0.05, 0) is 43.5 Å². The number of carbonyl (C=O) groups is 1. The Balaban J connectivity index is 1.45. The lowest BCUT2D eigenvalue weighted by Gasteiger charge is -2.35. The summed E-state index contributed by atoms with van der Waals surface area (Å²) in [6.07, 6.45) is 1.62. The molecule has 0 spiro atoms. The number of carbonyl (C=O) groups excluding carboxylic acids is 1. The van der Waals surface area contributed by atoms with Crippen LogP contribution in [0.15, 0.2) is 29.3 Å². The van der Waals surface area contributed by atoms with Gasteiger partial charge in [-0.15, -0.1) is 0 Å². The molecule has 1 amide bonds. The predicted molar refractivity (Wildman–Crippen MR) is 129 cm³/mol. The monoisotopic (exact) mass is 428 g/mol. The number of aliphatic imine (C=N–C) groups is 1. The second-order valence-electron chi connectivity index (χ2n) is 8.73. The van der Waals surface area contributed by atoms with Gasteiger partial charge in [-0.25, -0.2) is 4.99 Å². The zero-order chi connectivity index (χ0) is 22.1. The summed E-state index contributed by atoms with van der Waals surface area (Å²) in [5, 5.41) is 6.86. The van der Waals surface area contributed by atoms with E-state index in [-0.39, 0.29) is 5.91 Å². The number of piperazine rings is 1. The van der Waals surface area contributed by atoms with Crippen LogP contribution in [-0.4, -0.2) is 80.6 Å². The van der Waals surface area contributed by atoms with Crippen molar-refractivity contribution >= 4 is 17.6 Å². The summed E-state index contributed by atoms with van der Waals surface area (Å²) in [5.41, 5.74) is 2.14. The number of rotatable bonds is 9. The van der Waals surface area contributed by atoms with Crippen LogP contribution in [0.1, 0.15) is 39.2 Å². The molecule has 31 heavy (non-hydrogen) atoms. The van der Waals surface area contributed by atoms with E-state index >= 15 is 0 Å². The lowest BCUT2D eigenvalue weighted by Crippen LogP contribution is -2.48. The Morgan fingerprint density at radius 3 is 2.35 bits per heavy atom. The second kappa shape index (κ2) is 12.1. The van der Waals surface area contributed by atoms with Gasteiger partial charge in [0.25, 0.3) is 0 Å². The van der Waals surface area contributed by atoms with Gasteiger partial charge in [0.1, 0.15) is 0 Å². The Kier molecular flexibility index (Phi) is 9.15. The normalized spacial score (nSPS) is 19.6. The minimum Gasteiger partial charge on any atom is -0.357 e. The number of guanidine groups is 1. The maximum Gasteiger partial charge on any atom is 0.227 e. The van der Waals surface area contributed by atoms with Crippen molar-refractivity contribution in [2.24, 2.45) is 10.9 Å². The number of amides is 1. The highest BCUT2D eigenvalue weighted by molar-refractivity contribution is 5.95. The molecule has 7 nitrogen and oxygen atoms in total. The molecular formula is C24H40N6O. The first-order valence-corrected chi connectivity index (χ1v) is 11.9. The van der Waals surface area contributed by atoms with Crippen LogP contribution in [0.3, 0.4) is 0 Å². The fourth-order valence-electron chi connectivity index (χ4n) is 4.28. The molecule has 0 bridgehead atoms. The Bertz CT molecular complexity index is 711. The van der Waals surface area contributed by atoms with Crippen LogP contribution >= 0.6 is 0 Å². The molecule has 2 fully saturated rings. The summed E-state index contributed by atoms with van der Waals surface area (Å²) in [6.45, 7) is 16.9. The van der Waals surface area contributed by atoms with Crippen molar-refractivity contribution in [3.05, 3.63) is 29.8 Å². The molecular weight excluding hydrogens is 388 g/mol. The van der Waals surface area contributed by atoms with Crippen molar-refractivity contribution in [2.75, 3.05) is 63.8 Å². The van der Waals surface area contributed by atoms with Crippen LogP contribution in [0.4, 0.5) is 5.69 Å². The molecule has 172 valence electrons. The van der Waals surface area contributed by atoms with Gasteiger partial charge in [0.15, 0.2) is 5.96 Å². The molecule has 2 heterocycles. The minimum absolute atomic E-state index is 0.228. The van der Waals surface area contributed by atoms with E-state index < -0.39 is 0 Å². The van der Waals surface area contributed by atoms with Crippen molar-refractivity contribution < 1.29 is 4.79 Å². The van der Waals surface area contributed by atoms with Gasteiger partial charge in [0.05, 0.1) is 6.54 Å². The second-order valence-corrected chi connectivity index (χ2v) is 8.73. The molecule has 1 aromatic rings. The fourth-order valence-corrected chi connectivity index (χ4v) is 4.28. The first kappa shape index (κ1) is 23.5. The molecule has 2 N–H and O–H groups in total. The summed E-state index contributed by atoms with van der Waals surface area (Å²) >= 11 is 0. The lowest BCUT2D eigenvalue weighted by atomic mass is 10.1. The van der Waals surface area contributed by atoms with E-state index in [9.17, 15) is 4.79 Å². The summed E-state index contributed by atoms with van der Waals surface area (Å²) in [4.78, 5) is 23.6. The third kappa shape index (κ3) is 7.21. The van der Waals surface area contributed by atoms with Gasteiger partial charge in [-0.2, -0.15) is 0 Å². The van der Waals surface area contributed by atoms with Gasteiger partial charge in [-0.3, -0.25) is 4.79 Å². The van der Waals surface area contributed by atoms with Crippen LogP contribution in [-0.2, 0) is 11.3 Å². The van der Waals surface area contributed by atoms with Gasteiger partial charge in [0.2, 0.25) is 5.91 Å². The third-order valence-electron chi connectivity index (χ3n) is 6.19. The molecule has 1 aromatic carbocycles. The Labute approximate surface area is 187 Å². The fraction of sp³-hybridized carbons (Fsp3) is 0.667. The first-order chi connectivity index (χ1) is 15.1. The molecule has 2 saturated heterocycles. The molecule has 7 heteroatoms. The summed E-state index contributed by atoms with van der Waals surface area (Å²) in [5.74, 6) is 1.66. The van der Waals surface area contributed by atoms with Crippen molar-refractivity contribution in [3.63, 3.8) is 0 Å². The van der Waals surface area contributed by atoms with Gasteiger partial charge in [-0.1, -0.05) is 26.0 Å². The van der Waals surface area contributed by atoms with E-state index in [2.05, 4.69) is 53.3 Å². The number of benzene rings is 1. The highest BCUT2D eigenvalue weighted by atomic mass is 16.2. The van der Waals surface area contributed by atoms with Crippen LogP contribution < -0.4 is 15.5 Å². The number of anilines is 1. The van der Waals surface area contributed by atoms with E-state index in [0.717, 1.165) is 56.4 Å². The van der Waals surface area contributed by atoms with Gasteiger partial charge >= 0.3 is 0 Å². The van der Waals surface area contributed by atoms with Gasteiger partial charge in [0, 0.05) is 64.5 Å². The Hall–Kier alpha value is -2.12. The minimum atomic E-state index is 0.228. The number of nitrogens with zero attached hydrogens (tertiary/aromatic N) is 4. The Morgan fingerprint density at radius 1 is 1.03 bits per heavy atom. The predicted octanol–water partition coefficient (Wildman–Crippen LogP) is 2.14. The maximum absolute atomic E-state index is 11.9. The highest BCUT2D eigenvalue weighted by Gasteiger charge is 2.21. The number of hydrogen-bond acceptors (Lipinski definition) is 4. The largest absolute Gasteiger partial charge is 0.357 e. The van der Waals surface area contributed by atoms with E-state index in [1.54, 1.807) is 0 Å². The maximum atomic E-state index is 11.9. The van der Waals surface area contributed by atoms with E-state index in [4.69, 9.17) is 4.99 Å². The van der Waals surface area contributed by atoms with Crippen molar-refractivity contribution in [3.8, 4) is 0 Å². The molecule has 0 saturated carbocycles. The third-order valence-corrected chi connectivity index (χ3v) is 6.19. The molecule has 1 unspecified atom stereocenters. The molecule has 0 aromatic heterocycles.